The molecule has 1 atom stereocenters. The molecule has 0 aliphatic rings. The molecule has 98 valence electrons. The minimum Gasteiger partial charge on any atom is -0.384 e. The summed E-state index contributed by atoms with van der Waals surface area (Å²) in [5.74, 6) is 0.457. The second-order valence-corrected chi connectivity index (χ2v) is 6.51. The lowest BCUT2D eigenvalue weighted by atomic mass is 10.0. The van der Waals surface area contributed by atoms with Gasteiger partial charge in [0.15, 0.2) is 0 Å². The third-order valence-electron chi connectivity index (χ3n) is 2.36. The average Bonchev–Trinajstić information content (AvgIpc) is 2.24. The fraction of sp³-hybridized carbons (Fsp3) is 1.00. The van der Waals surface area contributed by atoms with Gasteiger partial charge in [-0.25, -0.2) is 13.1 Å². The number of hydrogen-bond acceptors (Lipinski definition) is 3. The highest BCUT2D eigenvalue weighted by atomic mass is 79.9. The van der Waals surface area contributed by atoms with E-state index in [9.17, 15) is 8.42 Å². The number of methoxy groups -OCH3 is 1. The van der Waals surface area contributed by atoms with E-state index in [0.29, 0.717) is 12.5 Å². The van der Waals surface area contributed by atoms with Crippen LogP contribution in [-0.4, -0.2) is 39.8 Å². The minimum atomic E-state index is -3.17. The molecule has 0 aromatic heterocycles. The zero-order valence-corrected chi connectivity index (χ0v) is 12.4. The molecule has 0 aromatic carbocycles. The van der Waals surface area contributed by atoms with Gasteiger partial charge in [-0.2, -0.15) is 0 Å². The summed E-state index contributed by atoms with van der Waals surface area (Å²) in [6, 6.07) is 0. The Balaban J connectivity index is 3.97. The van der Waals surface area contributed by atoms with E-state index in [1.165, 1.54) is 7.11 Å². The summed E-state index contributed by atoms with van der Waals surface area (Å²) >= 11 is 3.39. The van der Waals surface area contributed by atoms with E-state index in [1.807, 2.05) is 0 Å². The number of ether oxygens (including phenoxy) is 1. The van der Waals surface area contributed by atoms with Crippen LogP contribution in [0, 0.1) is 5.92 Å². The number of rotatable bonds is 10. The Morgan fingerprint density at radius 3 is 2.56 bits per heavy atom. The molecule has 0 saturated carbocycles. The van der Waals surface area contributed by atoms with Crippen molar-refractivity contribution in [2.75, 3.05) is 31.3 Å². The molecule has 0 aromatic rings. The number of sulfonamides is 1. The van der Waals surface area contributed by atoms with Crippen LogP contribution in [0.25, 0.3) is 0 Å². The highest BCUT2D eigenvalue weighted by Gasteiger charge is 2.13. The van der Waals surface area contributed by atoms with E-state index in [0.717, 1.165) is 24.6 Å². The van der Waals surface area contributed by atoms with Gasteiger partial charge in [0.1, 0.15) is 0 Å². The van der Waals surface area contributed by atoms with E-state index < -0.39 is 10.0 Å². The molecule has 1 unspecified atom stereocenters. The van der Waals surface area contributed by atoms with Crippen LogP contribution in [0.15, 0.2) is 0 Å². The molecule has 4 nitrogen and oxygen atoms in total. The van der Waals surface area contributed by atoms with Gasteiger partial charge in [-0.1, -0.05) is 29.3 Å². The van der Waals surface area contributed by atoms with Gasteiger partial charge in [-0.05, 0) is 18.8 Å². The Hall–Kier alpha value is 0.350. The lowest BCUT2D eigenvalue weighted by molar-refractivity contribution is 0.217. The smallest absolute Gasteiger partial charge is 0.213 e. The van der Waals surface area contributed by atoms with Crippen molar-refractivity contribution in [3.8, 4) is 0 Å². The van der Waals surface area contributed by atoms with Gasteiger partial charge in [0.05, 0.1) is 12.4 Å². The normalized spacial score (nSPS) is 13.9. The molecule has 0 spiro atoms. The second kappa shape index (κ2) is 9.39. The maximum atomic E-state index is 11.5. The van der Waals surface area contributed by atoms with Gasteiger partial charge in [0.2, 0.25) is 10.0 Å². The Kier molecular flexibility index (Phi) is 9.59. The molecule has 0 amide bonds. The zero-order chi connectivity index (χ0) is 12.4. The van der Waals surface area contributed by atoms with E-state index >= 15 is 0 Å². The first-order valence-corrected chi connectivity index (χ1v) is 8.35. The molecule has 16 heavy (non-hydrogen) atoms. The number of nitrogens with one attached hydrogen (secondary N) is 1. The summed E-state index contributed by atoms with van der Waals surface area (Å²) in [5, 5.41) is 0.914. The third-order valence-corrected chi connectivity index (χ3v) is 4.13. The minimum absolute atomic E-state index is 0.0384. The van der Waals surface area contributed by atoms with Crippen LogP contribution in [-0.2, 0) is 14.8 Å². The predicted molar refractivity (Wildman–Crippen MR) is 70.5 cm³/mol. The van der Waals surface area contributed by atoms with Gasteiger partial charge in [-0.3, -0.25) is 0 Å². The molecule has 0 fully saturated rings. The highest BCUT2D eigenvalue weighted by molar-refractivity contribution is 9.09. The van der Waals surface area contributed by atoms with E-state index in [2.05, 4.69) is 27.6 Å². The third kappa shape index (κ3) is 8.50. The van der Waals surface area contributed by atoms with Crippen molar-refractivity contribution in [3.63, 3.8) is 0 Å². The highest BCUT2D eigenvalue weighted by Crippen LogP contribution is 2.11. The molecular weight excluding hydrogens is 294 g/mol. The molecule has 0 heterocycles. The summed E-state index contributed by atoms with van der Waals surface area (Å²) in [7, 11) is -1.67. The number of hydrogen-bond donors (Lipinski definition) is 1. The molecule has 0 aliphatic carbocycles. The van der Waals surface area contributed by atoms with Gasteiger partial charge < -0.3 is 4.74 Å². The Bertz CT molecular complexity index is 251. The van der Waals surface area contributed by atoms with Crippen LogP contribution in [0.2, 0.25) is 0 Å². The molecule has 0 bridgehead atoms. The molecule has 0 rings (SSSR count). The zero-order valence-electron chi connectivity index (χ0n) is 10.0. The number of halogens is 1. The van der Waals surface area contributed by atoms with E-state index in [4.69, 9.17) is 4.74 Å². The van der Waals surface area contributed by atoms with Crippen LogP contribution in [0.4, 0.5) is 0 Å². The van der Waals surface area contributed by atoms with Crippen molar-refractivity contribution >= 4 is 26.0 Å². The van der Waals surface area contributed by atoms with E-state index in [1.54, 1.807) is 0 Å². The fourth-order valence-corrected chi connectivity index (χ4v) is 3.09. The predicted octanol–water partition coefficient (Wildman–Crippen LogP) is 1.75. The molecule has 1 N–H and O–H groups in total. The first kappa shape index (κ1) is 16.4. The topological polar surface area (TPSA) is 55.4 Å². The van der Waals surface area contributed by atoms with Gasteiger partial charge in [0, 0.05) is 19.0 Å². The van der Waals surface area contributed by atoms with Crippen molar-refractivity contribution < 1.29 is 13.2 Å². The monoisotopic (exact) mass is 315 g/mol. The Labute approximate surface area is 107 Å². The fourth-order valence-electron chi connectivity index (χ4n) is 1.42. The molecule has 0 radical (unpaired) electrons. The number of alkyl halides is 1. The Morgan fingerprint density at radius 2 is 2.06 bits per heavy atom. The van der Waals surface area contributed by atoms with Crippen LogP contribution >= 0.6 is 15.9 Å². The first-order chi connectivity index (χ1) is 7.55. The average molecular weight is 316 g/mol. The van der Waals surface area contributed by atoms with Gasteiger partial charge >= 0.3 is 0 Å². The maximum Gasteiger partial charge on any atom is 0.213 e. The van der Waals surface area contributed by atoms with Gasteiger partial charge in [0.25, 0.3) is 0 Å². The summed E-state index contributed by atoms with van der Waals surface area (Å²) in [6.45, 7) is 2.89. The van der Waals surface area contributed by atoms with Gasteiger partial charge in [-0.15, -0.1) is 0 Å². The Morgan fingerprint density at radius 1 is 1.38 bits per heavy atom. The van der Waals surface area contributed by atoms with Crippen molar-refractivity contribution in [1.82, 2.24) is 4.72 Å². The molecule has 6 heteroatoms. The van der Waals surface area contributed by atoms with Crippen molar-refractivity contribution in [3.05, 3.63) is 0 Å². The van der Waals surface area contributed by atoms with Crippen LogP contribution in [0.3, 0.4) is 0 Å². The van der Waals surface area contributed by atoms with Crippen LogP contribution in [0.5, 0.6) is 0 Å². The lowest BCUT2D eigenvalue weighted by Crippen LogP contribution is -2.32. The van der Waals surface area contributed by atoms with Crippen molar-refractivity contribution in [1.29, 1.82) is 0 Å². The van der Waals surface area contributed by atoms with Crippen molar-refractivity contribution in [2.24, 2.45) is 5.92 Å². The molecule has 0 aliphatic heterocycles. The molecule has 0 saturated heterocycles. The first-order valence-electron chi connectivity index (χ1n) is 5.58. The maximum absolute atomic E-state index is 11.5. The van der Waals surface area contributed by atoms with Crippen LogP contribution in [0.1, 0.15) is 26.2 Å². The quantitative estimate of drug-likeness (QED) is 0.625. The largest absolute Gasteiger partial charge is 0.384 e. The standard InChI is InChI=1S/C10H22BrNO3S/c1-3-4-10(5-6-11)9-12-16(13,14)8-7-15-2/h10,12H,3-9H2,1-2H3. The summed E-state index contributed by atoms with van der Waals surface area (Å²) in [4.78, 5) is 0. The van der Waals surface area contributed by atoms with E-state index in [-0.39, 0.29) is 12.4 Å². The van der Waals surface area contributed by atoms with Crippen molar-refractivity contribution in [2.45, 2.75) is 26.2 Å². The second-order valence-electron chi connectivity index (χ2n) is 3.79. The molecular formula is C10H22BrNO3S. The summed E-state index contributed by atoms with van der Waals surface area (Å²) in [5.41, 5.74) is 0. The lowest BCUT2D eigenvalue weighted by Gasteiger charge is -2.15. The summed E-state index contributed by atoms with van der Waals surface area (Å²) < 4.78 is 30.4. The SMILES string of the molecule is CCCC(CCBr)CNS(=O)(=O)CCOC. The summed E-state index contributed by atoms with van der Waals surface area (Å²) in [6.07, 6.45) is 3.14. The van der Waals surface area contributed by atoms with Crippen LogP contribution < -0.4 is 4.72 Å².